The summed E-state index contributed by atoms with van der Waals surface area (Å²) in [4.78, 5) is 0. The van der Waals surface area contributed by atoms with E-state index < -0.39 is 5.69 Å². The van der Waals surface area contributed by atoms with Gasteiger partial charge in [0.15, 0.2) is 0 Å². The second kappa shape index (κ2) is 5.50. The van der Waals surface area contributed by atoms with E-state index in [0.717, 1.165) is 0 Å². The van der Waals surface area contributed by atoms with Gasteiger partial charge in [-0.25, -0.2) is 0 Å². The molecule has 0 aliphatic heterocycles. The van der Waals surface area contributed by atoms with Crippen LogP contribution in [0.25, 0.3) is 0 Å². The lowest BCUT2D eigenvalue weighted by Gasteiger charge is -2.37. The van der Waals surface area contributed by atoms with Crippen molar-refractivity contribution in [3.8, 4) is 0 Å². The monoisotopic (exact) mass is 298 g/mol. The first-order chi connectivity index (χ1) is 7.12. The molecule has 17 heavy (non-hydrogen) atoms. The van der Waals surface area contributed by atoms with E-state index in [1.807, 2.05) is 41.5 Å². The van der Waals surface area contributed by atoms with E-state index in [1.54, 1.807) is 11.4 Å². The van der Waals surface area contributed by atoms with Gasteiger partial charge < -0.3 is 9.05 Å². The van der Waals surface area contributed by atoms with Crippen molar-refractivity contribution in [2.45, 2.75) is 78.3 Å². The fourth-order valence-corrected chi connectivity index (χ4v) is 10.1. The number of hydrogen-bond donors (Lipinski definition) is 0. The van der Waals surface area contributed by atoms with E-state index in [9.17, 15) is 0 Å². The molecule has 2 nitrogen and oxygen atoms in total. The largest absolute Gasteiger partial charge is 0.316 e. The first-order valence-electron chi connectivity index (χ1n) is 5.84. The molecule has 0 rings (SSSR count). The molecule has 0 radical (unpaired) electrons. The molecule has 0 bridgehead atoms. The van der Waals surface area contributed by atoms with Crippen LogP contribution in [0.1, 0.15) is 62.3 Å². The van der Waals surface area contributed by atoms with Crippen LogP contribution in [0, 0.1) is 0 Å². The molecule has 0 heterocycles. The van der Waals surface area contributed by atoms with Crippen LogP contribution in [0.2, 0.25) is 0 Å². The molecule has 0 aliphatic carbocycles. The summed E-state index contributed by atoms with van der Waals surface area (Å²) in [6.07, 6.45) is 0. The minimum Gasteiger partial charge on any atom is -0.316 e. The summed E-state index contributed by atoms with van der Waals surface area (Å²) in [5, 5.41) is 0. The summed E-state index contributed by atoms with van der Waals surface area (Å²) in [7, 11) is 0. The molecule has 5 heteroatoms. The topological polar surface area (TPSA) is 18.5 Å². The van der Waals surface area contributed by atoms with Crippen molar-refractivity contribution in [3.63, 3.8) is 0 Å². The maximum atomic E-state index is 6.04. The summed E-state index contributed by atoms with van der Waals surface area (Å²) in [5.41, 5.74) is -2.89. The Bertz CT molecular complexity index is 248. The van der Waals surface area contributed by atoms with E-state index in [1.165, 1.54) is 0 Å². The van der Waals surface area contributed by atoms with Crippen LogP contribution in [0.15, 0.2) is 0 Å². The highest BCUT2D eigenvalue weighted by Gasteiger charge is 2.35. The molecule has 0 N–H and O–H groups in total. The summed E-state index contributed by atoms with van der Waals surface area (Å²) in [6, 6.07) is 0. The van der Waals surface area contributed by atoms with Crippen LogP contribution >= 0.6 is 17.1 Å². The van der Waals surface area contributed by atoms with Crippen LogP contribution in [-0.4, -0.2) is 15.9 Å². The molecule has 0 aromatic heterocycles. The molecule has 104 valence electrons. The zero-order chi connectivity index (χ0) is 14.1. The van der Waals surface area contributed by atoms with Crippen LogP contribution in [0.5, 0.6) is 0 Å². The average Bonchev–Trinajstić information content (AvgIpc) is 1.65. The van der Waals surface area contributed by atoms with Gasteiger partial charge in [0.1, 0.15) is 0 Å². The quantitative estimate of drug-likeness (QED) is 0.651. The SMILES string of the molecule is CC(C)(C)OP(=S)(OC(C)(C)C)SC(C)(C)C. The lowest BCUT2D eigenvalue weighted by molar-refractivity contribution is 0.0794. The van der Waals surface area contributed by atoms with Gasteiger partial charge in [0.2, 0.25) is 5.69 Å². The Labute approximate surface area is 116 Å². The van der Waals surface area contributed by atoms with Gasteiger partial charge in [-0.2, -0.15) is 0 Å². The standard InChI is InChI=1S/C12H27O2PS2/c1-10(2,3)13-15(16,14-11(4,5)6)17-12(7,8)9/h1-9H3. The van der Waals surface area contributed by atoms with Crippen molar-refractivity contribution in [1.29, 1.82) is 0 Å². The van der Waals surface area contributed by atoms with E-state index in [0.29, 0.717) is 0 Å². The molecule has 0 fully saturated rings. The summed E-state index contributed by atoms with van der Waals surface area (Å²) in [5.74, 6) is 0. The molecule has 0 unspecified atom stereocenters. The molecule has 0 saturated heterocycles. The minimum absolute atomic E-state index is 0.0338. The Balaban J connectivity index is 5.03. The van der Waals surface area contributed by atoms with Gasteiger partial charge in [-0.3, -0.25) is 0 Å². The first kappa shape index (κ1) is 17.9. The zero-order valence-electron chi connectivity index (χ0n) is 12.6. The van der Waals surface area contributed by atoms with Gasteiger partial charge in [0.05, 0.1) is 11.2 Å². The molecule has 0 aromatic carbocycles. The Morgan fingerprint density at radius 1 is 0.765 bits per heavy atom. The van der Waals surface area contributed by atoms with Crippen LogP contribution in [0.3, 0.4) is 0 Å². The smallest absolute Gasteiger partial charge is 0.248 e. The molecule has 0 aromatic rings. The van der Waals surface area contributed by atoms with Gasteiger partial charge in [0, 0.05) is 4.75 Å². The first-order valence-corrected chi connectivity index (χ1v) is 9.90. The van der Waals surface area contributed by atoms with Crippen LogP contribution in [0.4, 0.5) is 0 Å². The Morgan fingerprint density at radius 3 is 1.24 bits per heavy atom. The summed E-state index contributed by atoms with van der Waals surface area (Å²) >= 11 is 7.32. The van der Waals surface area contributed by atoms with Gasteiger partial charge in [-0.15, -0.1) is 0 Å². The van der Waals surface area contributed by atoms with Crippen molar-refractivity contribution in [1.82, 2.24) is 0 Å². The van der Waals surface area contributed by atoms with Gasteiger partial charge in [-0.1, -0.05) is 32.2 Å². The van der Waals surface area contributed by atoms with E-state index >= 15 is 0 Å². The van der Waals surface area contributed by atoms with Crippen molar-refractivity contribution < 1.29 is 9.05 Å². The Morgan fingerprint density at radius 2 is 1.06 bits per heavy atom. The predicted octanol–water partition coefficient (Wildman–Crippen LogP) is 5.37. The third-order valence-corrected chi connectivity index (χ3v) is 7.35. The van der Waals surface area contributed by atoms with Crippen molar-refractivity contribution in [2.75, 3.05) is 0 Å². The van der Waals surface area contributed by atoms with Gasteiger partial charge in [0.25, 0.3) is 0 Å². The minimum atomic E-state index is -2.33. The third-order valence-electron chi connectivity index (χ3n) is 1.16. The van der Waals surface area contributed by atoms with Crippen molar-refractivity contribution in [2.24, 2.45) is 0 Å². The van der Waals surface area contributed by atoms with Crippen molar-refractivity contribution in [3.05, 3.63) is 0 Å². The predicted molar refractivity (Wildman–Crippen MR) is 83.3 cm³/mol. The average molecular weight is 298 g/mol. The Kier molecular flexibility index (Phi) is 5.80. The maximum Gasteiger partial charge on any atom is 0.248 e. The lowest BCUT2D eigenvalue weighted by atomic mass is 10.2. The molecule has 0 atom stereocenters. The normalized spacial score (nSPS) is 15.1. The van der Waals surface area contributed by atoms with Gasteiger partial charge in [-0.05, 0) is 53.3 Å². The zero-order valence-corrected chi connectivity index (χ0v) is 15.1. The van der Waals surface area contributed by atoms with Crippen LogP contribution in [-0.2, 0) is 20.9 Å². The molecular weight excluding hydrogens is 271 g/mol. The fraction of sp³-hybridized carbons (Fsp3) is 1.00. The molecule has 0 amide bonds. The second-order valence-corrected chi connectivity index (χ2v) is 13.9. The van der Waals surface area contributed by atoms with Gasteiger partial charge >= 0.3 is 0 Å². The second-order valence-electron chi connectivity index (χ2n) is 7.06. The van der Waals surface area contributed by atoms with Crippen molar-refractivity contribution >= 4 is 28.9 Å². The summed E-state index contributed by atoms with van der Waals surface area (Å²) in [6.45, 7) is 18.5. The number of rotatable bonds is 3. The van der Waals surface area contributed by atoms with E-state index in [-0.39, 0.29) is 15.9 Å². The molecule has 0 saturated carbocycles. The lowest BCUT2D eigenvalue weighted by Crippen LogP contribution is -2.24. The van der Waals surface area contributed by atoms with E-state index in [2.05, 4.69) is 20.8 Å². The molecular formula is C12H27O2PS2. The fourth-order valence-electron chi connectivity index (χ4n) is 1.06. The van der Waals surface area contributed by atoms with Crippen LogP contribution < -0.4 is 0 Å². The molecule has 0 aliphatic rings. The number of hydrogen-bond acceptors (Lipinski definition) is 4. The molecule has 0 spiro atoms. The highest BCUT2D eigenvalue weighted by molar-refractivity contribution is 8.68. The highest BCUT2D eigenvalue weighted by Crippen LogP contribution is 2.68. The third kappa shape index (κ3) is 10.5. The summed E-state index contributed by atoms with van der Waals surface area (Å²) < 4.78 is 12.1. The van der Waals surface area contributed by atoms with E-state index in [4.69, 9.17) is 20.9 Å². The Hall–Kier alpha value is 0.920. The maximum absolute atomic E-state index is 6.04. The highest BCUT2D eigenvalue weighted by atomic mass is 32.9.